The van der Waals surface area contributed by atoms with Crippen LogP contribution in [0.15, 0.2) is 47.0 Å². The monoisotopic (exact) mass is 441 g/mol. The lowest BCUT2D eigenvalue weighted by atomic mass is 9.80. The minimum atomic E-state index is -2.88. The molecule has 1 N–H and O–H groups in total. The highest BCUT2D eigenvalue weighted by Crippen LogP contribution is 2.48. The van der Waals surface area contributed by atoms with Gasteiger partial charge in [0.25, 0.3) is 5.89 Å². The number of carbonyl (C=O) groups excluding carboxylic acids is 1. The Hall–Kier alpha value is -3.33. The number of hydrogen-bond donors (Lipinski definition) is 1. The van der Waals surface area contributed by atoms with E-state index in [4.69, 9.17) is 4.52 Å². The van der Waals surface area contributed by atoms with Crippen molar-refractivity contribution < 1.29 is 27.9 Å². The molecule has 2 aromatic carbocycles. The molecule has 1 atom stereocenters. The van der Waals surface area contributed by atoms with Crippen molar-refractivity contribution >= 4 is 5.91 Å². The third kappa shape index (κ3) is 3.52. The zero-order valence-electron chi connectivity index (χ0n) is 17.1. The number of rotatable bonds is 6. The van der Waals surface area contributed by atoms with Crippen molar-refractivity contribution in [1.82, 2.24) is 15.0 Å². The highest BCUT2D eigenvalue weighted by molar-refractivity contribution is 5.82. The number of nitrogens with zero attached hydrogens (tertiary/aromatic N) is 3. The van der Waals surface area contributed by atoms with E-state index in [1.54, 1.807) is 17.0 Å². The number of benzene rings is 2. The summed E-state index contributed by atoms with van der Waals surface area (Å²) >= 11 is 0. The molecule has 0 bridgehead atoms. The lowest BCUT2D eigenvalue weighted by molar-refractivity contribution is -0.128. The summed E-state index contributed by atoms with van der Waals surface area (Å²) in [5, 5.41) is 13.4. The Balaban J connectivity index is 1.43. The molecule has 166 valence electrons. The van der Waals surface area contributed by atoms with Gasteiger partial charge in [-0.15, -0.1) is 0 Å². The lowest BCUT2D eigenvalue weighted by Crippen LogP contribution is -2.32. The van der Waals surface area contributed by atoms with E-state index in [9.17, 15) is 18.7 Å². The predicted octanol–water partition coefficient (Wildman–Crippen LogP) is 3.41. The van der Waals surface area contributed by atoms with Gasteiger partial charge in [-0.3, -0.25) is 4.79 Å². The van der Waals surface area contributed by atoms with Crippen LogP contribution in [0.1, 0.15) is 24.0 Å². The molecular weight excluding hydrogens is 420 g/mol. The molecule has 3 aromatic rings. The second-order valence-corrected chi connectivity index (χ2v) is 8.15. The molecule has 5 rings (SSSR count). The molecule has 1 fully saturated rings. The summed E-state index contributed by atoms with van der Waals surface area (Å²) in [5.41, 5.74) is 3.45. The average Bonchev–Trinajstić information content (AvgIpc) is 3.47. The molecule has 1 spiro atoms. The number of aliphatic hydroxyl groups excluding tert-OH is 1. The van der Waals surface area contributed by atoms with Gasteiger partial charge in [0.2, 0.25) is 11.7 Å². The summed E-state index contributed by atoms with van der Waals surface area (Å²) in [5.74, 6) is 0.840. The van der Waals surface area contributed by atoms with Crippen LogP contribution in [0.2, 0.25) is 0 Å². The molecule has 1 aliphatic heterocycles. The Morgan fingerprint density at radius 3 is 2.78 bits per heavy atom. The van der Waals surface area contributed by atoms with Gasteiger partial charge in [0.15, 0.2) is 0 Å². The predicted molar refractivity (Wildman–Crippen MR) is 110 cm³/mol. The van der Waals surface area contributed by atoms with Crippen LogP contribution >= 0.6 is 0 Å². The van der Waals surface area contributed by atoms with Gasteiger partial charge in [0.1, 0.15) is 5.75 Å². The molecule has 0 unspecified atom stereocenters. The van der Waals surface area contributed by atoms with Gasteiger partial charge >= 0.3 is 6.61 Å². The topological polar surface area (TPSA) is 88.7 Å². The minimum Gasteiger partial charge on any atom is -0.435 e. The number of likely N-dealkylation sites (tertiary alicyclic amines) is 1. The van der Waals surface area contributed by atoms with E-state index in [0.717, 1.165) is 29.5 Å². The van der Waals surface area contributed by atoms with Crippen molar-refractivity contribution in [2.45, 2.75) is 31.3 Å². The fourth-order valence-electron chi connectivity index (χ4n) is 4.87. The molecular formula is C23H21F2N3O4. The first-order chi connectivity index (χ1) is 15.5. The molecule has 2 heterocycles. The third-order valence-electron chi connectivity index (χ3n) is 6.30. The van der Waals surface area contributed by atoms with E-state index in [2.05, 4.69) is 20.9 Å². The molecule has 1 aliphatic carbocycles. The van der Waals surface area contributed by atoms with Gasteiger partial charge in [-0.25, -0.2) is 0 Å². The lowest BCUT2D eigenvalue weighted by Gasteiger charge is -2.24. The summed E-state index contributed by atoms with van der Waals surface area (Å²) in [6, 6.07) is 11.9. The molecule has 9 heteroatoms. The zero-order chi connectivity index (χ0) is 22.3. The van der Waals surface area contributed by atoms with E-state index in [-0.39, 0.29) is 29.6 Å². The van der Waals surface area contributed by atoms with Crippen LogP contribution in [-0.4, -0.2) is 52.4 Å². The average molecular weight is 441 g/mol. The van der Waals surface area contributed by atoms with E-state index in [0.29, 0.717) is 30.9 Å². The molecule has 1 amide bonds. The number of carbonyl (C=O) groups is 1. The molecule has 32 heavy (non-hydrogen) atoms. The van der Waals surface area contributed by atoms with Crippen LogP contribution in [-0.2, 0) is 16.6 Å². The quantitative estimate of drug-likeness (QED) is 0.631. The van der Waals surface area contributed by atoms with E-state index < -0.39 is 6.61 Å². The largest absolute Gasteiger partial charge is 0.435 e. The maximum absolute atomic E-state index is 12.5. The van der Waals surface area contributed by atoms with E-state index in [1.807, 2.05) is 12.1 Å². The number of halogens is 2. The zero-order valence-corrected chi connectivity index (χ0v) is 17.1. The first kappa shape index (κ1) is 20.6. The molecule has 7 nitrogen and oxygen atoms in total. The number of hydrogen-bond acceptors (Lipinski definition) is 6. The fraction of sp³-hybridized carbons (Fsp3) is 0.348. The highest BCUT2D eigenvalue weighted by atomic mass is 19.3. The van der Waals surface area contributed by atoms with Gasteiger partial charge in [-0.1, -0.05) is 23.4 Å². The minimum absolute atomic E-state index is 0.0460. The first-order valence-electron chi connectivity index (χ1n) is 10.4. The van der Waals surface area contributed by atoms with E-state index >= 15 is 0 Å². The molecule has 0 saturated carbocycles. The molecule has 0 radical (unpaired) electrons. The Bertz CT molecular complexity index is 1150. The number of amides is 1. The normalized spacial score (nSPS) is 19.9. The van der Waals surface area contributed by atoms with Gasteiger partial charge in [-0.2, -0.15) is 13.8 Å². The number of fused-ring (bicyclic) bond motifs is 2. The van der Waals surface area contributed by atoms with Crippen LogP contribution in [0.4, 0.5) is 8.78 Å². The summed E-state index contributed by atoms with van der Waals surface area (Å²) in [6.07, 6.45) is 2.09. The Labute approximate surface area is 182 Å². The smallest absolute Gasteiger partial charge is 0.387 e. The fourth-order valence-corrected chi connectivity index (χ4v) is 4.87. The van der Waals surface area contributed by atoms with Gasteiger partial charge < -0.3 is 19.3 Å². The highest BCUT2D eigenvalue weighted by Gasteiger charge is 2.48. The second-order valence-electron chi connectivity index (χ2n) is 8.15. The number of alkyl halides is 2. The van der Waals surface area contributed by atoms with Crippen LogP contribution in [0.5, 0.6) is 5.75 Å². The summed E-state index contributed by atoms with van der Waals surface area (Å²) in [7, 11) is 0. The molecule has 1 aromatic heterocycles. The summed E-state index contributed by atoms with van der Waals surface area (Å²) in [6.45, 7) is -1.97. The van der Waals surface area contributed by atoms with Crippen LogP contribution < -0.4 is 4.74 Å². The Morgan fingerprint density at radius 1 is 1.22 bits per heavy atom. The maximum Gasteiger partial charge on any atom is 0.387 e. The van der Waals surface area contributed by atoms with Crippen molar-refractivity contribution in [2.75, 3.05) is 19.7 Å². The number of β-amino-alcohol motifs (C(OH)–C–C–N with tert-alkyl or cyclic N) is 1. The number of aliphatic hydroxyl groups is 1. The Morgan fingerprint density at radius 2 is 2.03 bits per heavy atom. The van der Waals surface area contributed by atoms with Gasteiger partial charge in [-0.05, 0) is 48.2 Å². The molecule has 2 aliphatic rings. The first-order valence-corrected chi connectivity index (χ1v) is 10.4. The molecule has 1 saturated heterocycles. The van der Waals surface area contributed by atoms with Crippen LogP contribution in [0, 0.1) is 0 Å². The maximum atomic E-state index is 12.5. The second kappa shape index (κ2) is 7.98. The SMILES string of the molecule is O=C1C[C@@]2(CCc3c(-c4noc(-c5ccc(OC(F)F)cc5)n4)cccc32)CN1CCO. The van der Waals surface area contributed by atoms with Crippen molar-refractivity contribution in [3.8, 4) is 28.6 Å². The van der Waals surface area contributed by atoms with Gasteiger partial charge in [0.05, 0.1) is 6.61 Å². The number of ether oxygens (including phenoxy) is 1. The summed E-state index contributed by atoms with van der Waals surface area (Å²) in [4.78, 5) is 18.7. The summed E-state index contributed by atoms with van der Waals surface area (Å²) < 4.78 is 34.5. The van der Waals surface area contributed by atoms with Crippen molar-refractivity contribution in [2.24, 2.45) is 0 Å². The standard InChI is InChI=1S/C23H21F2N3O4/c24-22(25)31-15-6-4-14(5-7-15)21-26-20(27-32-21)17-2-1-3-18-16(17)8-9-23(18)12-19(30)28(13-23)10-11-29/h1-7,22,29H,8-13H2/t23-/m0/s1. The van der Waals surface area contributed by atoms with E-state index in [1.165, 1.54) is 12.1 Å². The Kier molecular flexibility index (Phi) is 5.13. The van der Waals surface area contributed by atoms with Gasteiger partial charge in [0, 0.05) is 36.1 Å². The van der Waals surface area contributed by atoms with Crippen LogP contribution in [0.3, 0.4) is 0 Å². The van der Waals surface area contributed by atoms with Crippen molar-refractivity contribution in [1.29, 1.82) is 0 Å². The van der Waals surface area contributed by atoms with Crippen molar-refractivity contribution in [3.05, 3.63) is 53.6 Å². The third-order valence-corrected chi connectivity index (χ3v) is 6.30. The van der Waals surface area contributed by atoms with Crippen molar-refractivity contribution in [3.63, 3.8) is 0 Å². The van der Waals surface area contributed by atoms with Crippen LogP contribution in [0.25, 0.3) is 22.8 Å². The number of aromatic nitrogens is 2.